The van der Waals surface area contributed by atoms with Crippen molar-refractivity contribution >= 4 is 45.9 Å². The number of thiocarbonyl (C=S) groups is 1. The first kappa shape index (κ1) is 22.2. The number of carbonyl (C=O) groups is 1. The highest BCUT2D eigenvalue weighted by Gasteiger charge is 2.35. The summed E-state index contributed by atoms with van der Waals surface area (Å²) in [5.41, 5.74) is 2.33. The van der Waals surface area contributed by atoms with Crippen molar-refractivity contribution in [2.75, 3.05) is 0 Å². The smallest absolute Gasteiger partial charge is 0.269 e. The summed E-state index contributed by atoms with van der Waals surface area (Å²) >= 11 is 6.62. The lowest BCUT2D eigenvalue weighted by Crippen LogP contribution is -2.36. The van der Waals surface area contributed by atoms with Crippen LogP contribution >= 0.6 is 24.0 Å². The molecule has 0 aliphatic carbocycles. The number of nitrogens with zero attached hydrogens (tertiary/aromatic N) is 3. The van der Waals surface area contributed by atoms with Gasteiger partial charge < -0.3 is 4.74 Å². The van der Waals surface area contributed by atoms with Crippen LogP contribution in [-0.4, -0.2) is 30.6 Å². The third-order valence-electron chi connectivity index (χ3n) is 5.42. The molecule has 1 aliphatic heterocycles. The molecule has 1 atom stereocenters. The molecule has 0 spiro atoms. The number of ether oxygens (including phenoxy) is 1. The van der Waals surface area contributed by atoms with Crippen LogP contribution in [0.2, 0.25) is 0 Å². The number of rotatable bonds is 5. The Bertz CT molecular complexity index is 1310. The van der Waals surface area contributed by atoms with E-state index in [1.807, 2.05) is 58.0 Å². The molecule has 8 heteroatoms. The molecule has 0 radical (unpaired) electrons. The minimum absolute atomic E-state index is 0.0184. The third kappa shape index (κ3) is 4.08. The van der Waals surface area contributed by atoms with E-state index in [1.54, 1.807) is 23.2 Å². The standard InChI is InChI=1S/C24H23N3O3S2/c1-5-16(4)27-23(29)19(32-24(27)31)13-18-21(30-17-10-8-14(2)9-11-17)25-20-15(3)7-6-12-26(20)22(18)28/h6-13,16H,5H2,1-4H3/b19-13-/t16-/m0/s1. The van der Waals surface area contributed by atoms with E-state index in [9.17, 15) is 9.59 Å². The number of hydrogen-bond donors (Lipinski definition) is 0. The first-order valence-electron chi connectivity index (χ1n) is 10.3. The minimum atomic E-state index is -0.311. The van der Waals surface area contributed by atoms with Crippen molar-refractivity contribution < 1.29 is 9.53 Å². The first-order chi connectivity index (χ1) is 15.3. The largest absolute Gasteiger partial charge is 0.438 e. The molecule has 0 bridgehead atoms. The average molecular weight is 466 g/mol. The number of amides is 1. The van der Waals surface area contributed by atoms with Gasteiger partial charge in [0.1, 0.15) is 21.3 Å². The lowest BCUT2D eigenvalue weighted by atomic mass is 10.2. The number of hydrogen-bond acceptors (Lipinski definition) is 6. The van der Waals surface area contributed by atoms with Crippen molar-refractivity contribution in [2.45, 2.75) is 40.2 Å². The number of benzene rings is 1. The van der Waals surface area contributed by atoms with Crippen LogP contribution in [0.1, 0.15) is 37.0 Å². The van der Waals surface area contributed by atoms with Crippen LogP contribution in [0, 0.1) is 13.8 Å². The van der Waals surface area contributed by atoms with Gasteiger partial charge >= 0.3 is 0 Å². The van der Waals surface area contributed by atoms with Gasteiger partial charge in [0.05, 0.1) is 4.91 Å². The summed E-state index contributed by atoms with van der Waals surface area (Å²) in [6.45, 7) is 7.82. The second kappa shape index (κ2) is 8.88. The lowest BCUT2D eigenvalue weighted by molar-refractivity contribution is -0.123. The topological polar surface area (TPSA) is 63.9 Å². The van der Waals surface area contributed by atoms with Gasteiger partial charge in [-0.1, -0.05) is 54.7 Å². The number of aromatic nitrogens is 2. The van der Waals surface area contributed by atoms with Gasteiger partial charge in [0, 0.05) is 12.2 Å². The zero-order valence-corrected chi connectivity index (χ0v) is 19.9. The van der Waals surface area contributed by atoms with E-state index in [0.29, 0.717) is 20.6 Å². The van der Waals surface area contributed by atoms with Gasteiger partial charge in [-0.25, -0.2) is 0 Å². The predicted octanol–water partition coefficient (Wildman–Crippen LogP) is 5.10. The minimum Gasteiger partial charge on any atom is -0.438 e. The fraction of sp³-hybridized carbons (Fsp3) is 0.250. The molecule has 32 heavy (non-hydrogen) atoms. The Kier molecular flexibility index (Phi) is 6.17. The number of fused-ring (bicyclic) bond motifs is 1. The normalized spacial score (nSPS) is 16.2. The molecule has 6 nitrogen and oxygen atoms in total. The van der Waals surface area contributed by atoms with E-state index in [1.165, 1.54) is 16.2 Å². The molecule has 3 aromatic rings. The lowest BCUT2D eigenvalue weighted by Gasteiger charge is -2.21. The number of carbonyl (C=O) groups excluding carboxylic acids is 1. The van der Waals surface area contributed by atoms with Crippen LogP contribution < -0.4 is 10.3 Å². The maximum Gasteiger partial charge on any atom is 0.269 e. The molecule has 1 aromatic carbocycles. The van der Waals surface area contributed by atoms with Crippen LogP contribution in [0.5, 0.6) is 11.6 Å². The molecule has 4 rings (SSSR count). The van der Waals surface area contributed by atoms with Crippen LogP contribution in [0.25, 0.3) is 11.7 Å². The molecule has 164 valence electrons. The summed E-state index contributed by atoms with van der Waals surface area (Å²) in [6, 6.07) is 11.1. The van der Waals surface area contributed by atoms with E-state index in [0.717, 1.165) is 17.5 Å². The summed E-state index contributed by atoms with van der Waals surface area (Å²) in [5.74, 6) is 0.508. The quantitative estimate of drug-likeness (QED) is 0.386. The molecule has 0 unspecified atom stereocenters. The van der Waals surface area contributed by atoms with Crippen molar-refractivity contribution in [3.05, 3.63) is 74.5 Å². The highest BCUT2D eigenvalue weighted by Crippen LogP contribution is 2.35. The zero-order valence-electron chi connectivity index (χ0n) is 18.3. The first-order valence-corrected chi connectivity index (χ1v) is 11.6. The molecule has 1 fully saturated rings. The summed E-state index contributed by atoms with van der Waals surface area (Å²) < 4.78 is 8.00. The Hall–Kier alpha value is -2.97. The summed E-state index contributed by atoms with van der Waals surface area (Å²) in [5, 5.41) is 0. The van der Waals surface area contributed by atoms with Crippen molar-refractivity contribution in [3.63, 3.8) is 0 Å². The van der Waals surface area contributed by atoms with E-state index in [-0.39, 0.29) is 29.0 Å². The fourth-order valence-electron chi connectivity index (χ4n) is 3.38. The Morgan fingerprint density at radius 2 is 1.91 bits per heavy atom. The van der Waals surface area contributed by atoms with Crippen molar-refractivity contribution in [3.8, 4) is 11.6 Å². The van der Waals surface area contributed by atoms with E-state index in [4.69, 9.17) is 17.0 Å². The van der Waals surface area contributed by atoms with Gasteiger partial charge in [0.25, 0.3) is 11.5 Å². The highest BCUT2D eigenvalue weighted by molar-refractivity contribution is 8.26. The molecule has 3 heterocycles. The Morgan fingerprint density at radius 1 is 1.19 bits per heavy atom. The van der Waals surface area contributed by atoms with Gasteiger partial charge in [0.2, 0.25) is 5.88 Å². The molecule has 1 aliphatic rings. The molecular weight excluding hydrogens is 442 g/mol. The molecule has 2 aromatic heterocycles. The molecule has 0 N–H and O–H groups in total. The van der Waals surface area contributed by atoms with Gasteiger partial charge in [0.15, 0.2) is 0 Å². The Labute approximate surface area is 195 Å². The number of pyridine rings is 1. The monoisotopic (exact) mass is 465 g/mol. The second-order valence-electron chi connectivity index (χ2n) is 7.74. The SMILES string of the molecule is CC[C@H](C)N1C(=O)/C(=C/c2c(Oc3ccc(C)cc3)nc3c(C)cccn3c2=O)SC1=S. The van der Waals surface area contributed by atoms with Gasteiger partial charge in [-0.05, 0) is 57.0 Å². The van der Waals surface area contributed by atoms with Crippen LogP contribution in [0.4, 0.5) is 0 Å². The van der Waals surface area contributed by atoms with E-state index < -0.39 is 0 Å². The molecule has 1 saturated heterocycles. The number of aryl methyl sites for hydroxylation is 2. The maximum atomic E-state index is 13.4. The fourth-order valence-corrected chi connectivity index (χ4v) is 4.83. The zero-order chi connectivity index (χ0) is 23.0. The second-order valence-corrected chi connectivity index (χ2v) is 9.42. The van der Waals surface area contributed by atoms with Crippen molar-refractivity contribution in [1.82, 2.24) is 14.3 Å². The van der Waals surface area contributed by atoms with Crippen molar-refractivity contribution in [2.24, 2.45) is 0 Å². The third-order valence-corrected chi connectivity index (χ3v) is 6.75. The maximum absolute atomic E-state index is 13.4. The summed E-state index contributed by atoms with van der Waals surface area (Å²) in [4.78, 5) is 33.1. The average Bonchev–Trinajstić information content (AvgIpc) is 3.05. The predicted molar refractivity (Wildman–Crippen MR) is 132 cm³/mol. The van der Waals surface area contributed by atoms with Crippen LogP contribution in [-0.2, 0) is 4.79 Å². The van der Waals surface area contributed by atoms with E-state index >= 15 is 0 Å². The van der Waals surface area contributed by atoms with Crippen molar-refractivity contribution in [1.29, 1.82) is 0 Å². The van der Waals surface area contributed by atoms with E-state index in [2.05, 4.69) is 4.98 Å². The van der Waals surface area contributed by atoms with Gasteiger partial charge in [-0.3, -0.25) is 18.9 Å². The van der Waals surface area contributed by atoms with Gasteiger partial charge in [-0.15, -0.1) is 0 Å². The van der Waals surface area contributed by atoms with Gasteiger partial charge in [-0.2, -0.15) is 4.98 Å². The van der Waals surface area contributed by atoms with Crippen LogP contribution in [0.3, 0.4) is 0 Å². The Balaban J connectivity index is 1.87. The Morgan fingerprint density at radius 3 is 2.59 bits per heavy atom. The molecular formula is C24H23N3O3S2. The van der Waals surface area contributed by atoms with Crippen LogP contribution in [0.15, 0.2) is 52.3 Å². The summed E-state index contributed by atoms with van der Waals surface area (Å²) in [7, 11) is 0. The highest BCUT2D eigenvalue weighted by atomic mass is 32.2. The number of thioether (sulfide) groups is 1. The molecule has 1 amide bonds. The molecule has 0 saturated carbocycles. The summed E-state index contributed by atoms with van der Waals surface area (Å²) in [6.07, 6.45) is 3.99.